The zero-order chi connectivity index (χ0) is 17.5. The quantitative estimate of drug-likeness (QED) is 0.781. The van der Waals surface area contributed by atoms with Crippen LogP contribution in [-0.2, 0) is 11.3 Å². The number of carbonyl (C=O) groups is 2. The van der Waals surface area contributed by atoms with E-state index in [-0.39, 0.29) is 18.3 Å². The molecule has 0 heterocycles. The van der Waals surface area contributed by atoms with Gasteiger partial charge in [-0.05, 0) is 42.8 Å². The lowest BCUT2D eigenvalue weighted by Crippen LogP contribution is -2.28. The van der Waals surface area contributed by atoms with Gasteiger partial charge in [0.1, 0.15) is 0 Å². The van der Waals surface area contributed by atoms with Crippen LogP contribution in [0.5, 0.6) is 11.5 Å². The molecule has 2 rings (SSSR count). The third kappa shape index (κ3) is 4.99. The summed E-state index contributed by atoms with van der Waals surface area (Å²) in [4.78, 5) is 23.3. The van der Waals surface area contributed by atoms with Gasteiger partial charge in [-0.15, -0.1) is 0 Å². The van der Waals surface area contributed by atoms with Crippen molar-refractivity contribution in [2.24, 2.45) is 0 Å². The lowest BCUT2D eigenvalue weighted by atomic mass is 10.1. The van der Waals surface area contributed by atoms with Gasteiger partial charge >= 0.3 is 0 Å². The van der Waals surface area contributed by atoms with Gasteiger partial charge in [0.05, 0.1) is 7.11 Å². The zero-order valence-corrected chi connectivity index (χ0v) is 14.2. The molecule has 24 heavy (non-hydrogen) atoms. The maximum atomic E-state index is 11.9. The van der Waals surface area contributed by atoms with Gasteiger partial charge in [0.2, 0.25) is 0 Å². The largest absolute Gasteiger partial charge is 0.493 e. The van der Waals surface area contributed by atoms with Gasteiger partial charge in [-0.25, -0.2) is 0 Å². The Morgan fingerprint density at radius 3 is 2.58 bits per heavy atom. The van der Waals surface area contributed by atoms with Crippen molar-refractivity contribution < 1.29 is 19.1 Å². The van der Waals surface area contributed by atoms with Gasteiger partial charge < -0.3 is 14.8 Å². The first-order chi connectivity index (χ1) is 11.5. The van der Waals surface area contributed by atoms with E-state index < -0.39 is 0 Å². The molecule has 0 fully saturated rings. The molecular weight excluding hydrogens is 330 g/mol. The highest BCUT2D eigenvalue weighted by molar-refractivity contribution is 6.30. The molecule has 0 aromatic heterocycles. The van der Waals surface area contributed by atoms with Crippen molar-refractivity contribution in [2.45, 2.75) is 13.5 Å². The van der Waals surface area contributed by atoms with Gasteiger partial charge in [0.25, 0.3) is 5.91 Å². The average molecular weight is 348 g/mol. The minimum atomic E-state index is -0.271. The number of hydrogen-bond acceptors (Lipinski definition) is 4. The Balaban J connectivity index is 1.90. The Bertz CT molecular complexity index is 746. The Kier molecular flexibility index (Phi) is 6.21. The van der Waals surface area contributed by atoms with E-state index in [4.69, 9.17) is 21.1 Å². The van der Waals surface area contributed by atoms with Crippen molar-refractivity contribution in [1.29, 1.82) is 0 Å². The van der Waals surface area contributed by atoms with Crippen molar-refractivity contribution in [3.63, 3.8) is 0 Å². The van der Waals surface area contributed by atoms with Crippen molar-refractivity contribution in [3.8, 4) is 11.5 Å². The van der Waals surface area contributed by atoms with E-state index >= 15 is 0 Å². The molecule has 0 unspecified atom stereocenters. The lowest BCUT2D eigenvalue weighted by molar-refractivity contribution is -0.123. The summed E-state index contributed by atoms with van der Waals surface area (Å²) in [6.07, 6.45) is 0. The highest BCUT2D eigenvalue weighted by atomic mass is 35.5. The minimum absolute atomic E-state index is 0.0703. The second-order valence-corrected chi connectivity index (χ2v) is 5.55. The van der Waals surface area contributed by atoms with Crippen LogP contribution in [0.15, 0.2) is 42.5 Å². The smallest absolute Gasteiger partial charge is 0.258 e. The summed E-state index contributed by atoms with van der Waals surface area (Å²) in [6.45, 7) is 1.68. The average Bonchev–Trinajstić information content (AvgIpc) is 2.58. The number of benzene rings is 2. The third-order valence-electron chi connectivity index (χ3n) is 3.31. The van der Waals surface area contributed by atoms with Crippen LogP contribution in [0.2, 0.25) is 5.02 Å². The monoisotopic (exact) mass is 347 g/mol. The number of halogens is 1. The normalized spacial score (nSPS) is 10.1. The molecule has 0 spiro atoms. The molecule has 0 saturated heterocycles. The first-order valence-electron chi connectivity index (χ1n) is 7.32. The van der Waals surface area contributed by atoms with Crippen molar-refractivity contribution in [2.75, 3.05) is 13.7 Å². The molecule has 2 aromatic carbocycles. The molecule has 1 N–H and O–H groups in total. The molecule has 126 valence electrons. The number of methoxy groups -OCH3 is 1. The molecule has 5 nitrogen and oxygen atoms in total. The van der Waals surface area contributed by atoms with Crippen LogP contribution in [0.3, 0.4) is 0 Å². The number of Topliss-reactive ketones (excluding diaryl/α,β-unsaturated/α-hetero) is 1. The fourth-order valence-electron chi connectivity index (χ4n) is 2.05. The van der Waals surface area contributed by atoms with Gasteiger partial charge in [0.15, 0.2) is 23.9 Å². The van der Waals surface area contributed by atoms with Gasteiger partial charge in [-0.2, -0.15) is 0 Å². The summed E-state index contributed by atoms with van der Waals surface area (Å²) in [7, 11) is 1.48. The molecule has 0 aliphatic carbocycles. The summed E-state index contributed by atoms with van der Waals surface area (Å²) in [5.74, 6) is 0.470. The van der Waals surface area contributed by atoms with E-state index in [9.17, 15) is 9.59 Å². The maximum absolute atomic E-state index is 11.9. The van der Waals surface area contributed by atoms with E-state index in [0.717, 1.165) is 5.56 Å². The van der Waals surface area contributed by atoms with Gasteiger partial charge in [-0.3, -0.25) is 9.59 Å². The molecule has 0 bridgehead atoms. The Morgan fingerprint density at radius 2 is 1.92 bits per heavy atom. The highest BCUT2D eigenvalue weighted by Crippen LogP contribution is 2.28. The predicted octanol–water partition coefficient (Wildman–Crippen LogP) is 3.25. The predicted molar refractivity (Wildman–Crippen MR) is 91.8 cm³/mol. The van der Waals surface area contributed by atoms with E-state index in [0.29, 0.717) is 28.6 Å². The molecular formula is C18H18ClNO4. The zero-order valence-electron chi connectivity index (χ0n) is 13.5. The van der Waals surface area contributed by atoms with Gasteiger partial charge in [0, 0.05) is 17.1 Å². The molecule has 6 heteroatoms. The minimum Gasteiger partial charge on any atom is -0.493 e. The van der Waals surface area contributed by atoms with Crippen molar-refractivity contribution >= 4 is 23.3 Å². The van der Waals surface area contributed by atoms with Crippen LogP contribution >= 0.6 is 11.6 Å². The maximum Gasteiger partial charge on any atom is 0.258 e. The fourth-order valence-corrected chi connectivity index (χ4v) is 2.26. The second-order valence-electron chi connectivity index (χ2n) is 5.12. The van der Waals surface area contributed by atoms with Crippen LogP contribution in [0.4, 0.5) is 0 Å². The number of rotatable bonds is 7. The molecule has 0 saturated carbocycles. The first kappa shape index (κ1) is 17.8. The molecule has 0 radical (unpaired) electrons. The Labute approximate surface area is 145 Å². The van der Waals surface area contributed by atoms with Crippen LogP contribution in [0.25, 0.3) is 0 Å². The van der Waals surface area contributed by atoms with Crippen LogP contribution in [0, 0.1) is 0 Å². The standard InChI is InChI=1S/C18H18ClNO4/c1-12(21)14-6-7-16(17(9-14)23-2)24-11-18(22)20-10-13-4-3-5-15(19)8-13/h3-9H,10-11H2,1-2H3,(H,20,22). The van der Waals surface area contributed by atoms with Crippen molar-refractivity contribution in [1.82, 2.24) is 5.32 Å². The molecule has 0 atom stereocenters. The molecule has 0 aliphatic rings. The number of ketones is 1. The van der Waals surface area contributed by atoms with Crippen LogP contribution in [0.1, 0.15) is 22.8 Å². The highest BCUT2D eigenvalue weighted by Gasteiger charge is 2.10. The molecule has 2 aromatic rings. The van der Waals surface area contributed by atoms with Crippen molar-refractivity contribution in [3.05, 3.63) is 58.6 Å². The topological polar surface area (TPSA) is 64.6 Å². The van der Waals surface area contributed by atoms with Gasteiger partial charge in [-0.1, -0.05) is 23.7 Å². The SMILES string of the molecule is COc1cc(C(C)=O)ccc1OCC(=O)NCc1cccc(Cl)c1. The summed E-state index contributed by atoms with van der Waals surface area (Å²) in [5, 5.41) is 3.36. The number of nitrogens with one attached hydrogen (secondary N) is 1. The number of amides is 1. The summed E-state index contributed by atoms with van der Waals surface area (Å²) in [5.41, 5.74) is 1.42. The molecule has 0 aliphatic heterocycles. The summed E-state index contributed by atoms with van der Waals surface area (Å²) < 4.78 is 10.6. The first-order valence-corrected chi connectivity index (χ1v) is 7.70. The lowest BCUT2D eigenvalue weighted by Gasteiger charge is -2.12. The van der Waals surface area contributed by atoms with E-state index in [1.807, 2.05) is 12.1 Å². The number of hydrogen-bond donors (Lipinski definition) is 1. The number of ether oxygens (including phenoxy) is 2. The molecule has 1 amide bonds. The van der Waals surface area contributed by atoms with E-state index in [1.165, 1.54) is 14.0 Å². The second kappa shape index (κ2) is 8.36. The van der Waals surface area contributed by atoms with E-state index in [1.54, 1.807) is 30.3 Å². The Hall–Kier alpha value is -2.53. The number of carbonyl (C=O) groups excluding carboxylic acids is 2. The van der Waals surface area contributed by atoms with Crippen LogP contribution in [-0.4, -0.2) is 25.4 Å². The van der Waals surface area contributed by atoms with E-state index in [2.05, 4.69) is 5.32 Å². The fraction of sp³-hybridized carbons (Fsp3) is 0.222. The Morgan fingerprint density at radius 1 is 1.12 bits per heavy atom. The third-order valence-corrected chi connectivity index (χ3v) is 3.54. The summed E-state index contributed by atoms with van der Waals surface area (Å²) in [6, 6.07) is 12.1. The summed E-state index contributed by atoms with van der Waals surface area (Å²) >= 11 is 5.89. The van der Waals surface area contributed by atoms with Crippen LogP contribution < -0.4 is 14.8 Å².